The molecule has 0 saturated heterocycles. The Morgan fingerprint density at radius 1 is 1.86 bits per heavy atom. The van der Waals surface area contributed by atoms with E-state index in [0.717, 1.165) is 0 Å². The van der Waals surface area contributed by atoms with Gasteiger partial charge in [-0.05, 0) is 0 Å². The van der Waals surface area contributed by atoms with Crippen LogP contribution in [0.25, 0.3) is 0 Å². The van der Waals surface area contributed by atoms with Crippen LogP contribution in [0, 0.1) is 0 Å². The van der Waals surface area contributed by atoms with Crippen LogP contribution in [0.1, 0.15) is 6.92 Å². The van der Waals surface area contributed by atoms with E-state index >= 15 is 0 Å². The van der Waals surface area contributed by atoms with E-state index in [4.69, 9.17) is 5.73 Å². The van der Waals surface area contributed by atoms with E-state index in [1.54, 1.807) is 4.14 Å². The third-order valence-corrected chi connectivity index (χ3v) is 2.65. The summed E-state index contributed by atoms with van der Waals surface area (Å²) >= 11 is 0.0999. The Kier molecular flexibility index (Phi) is 4.65. The molecular formula is C5H10IN. The Morgan fingerprint density at radius 2 is 2.43 bits per heavy atom. The van der Waals surface area contributed by atoms with E-state index < -0.39 is 0 Å². The molecule has 0 rings (SSSR count). The van der Waals surface area contributed by atoms with Crippen molar-refractivity contribution in [3.8, 4) is 0 Å². The molecule has 0 aliphatic rings. The Morgan fingerprint density at radius 3 is 2.57 bits per heavy atom. The molecule has 0 amide bonds. The van der Waals surface area contributed by atoms with Crippen LogP contribution in [0.5, 0.6) is 0 Å². The number of rotatable bonds is 2. The second-order valence-electron chi connectivity index (χ2n) is 1.17. The maximum Gasteiger partial charge on any atom is 0.0219 e. The summed E-state index contributed by atoms with van der Waals surface area (Å²) < 4.78 is 2.41. The van der Waals surface area contributed by atoms with Gasteiger partial charge in [-0.1, -0.05) is 13.0 Å². The number of hydrogen-bond acceptors (Lipinski definition) is 1. The Labute approximate surface area is 54.3 Å². The Bertz CT molecular complexity index is 78.1. The second-order valence-corrected chi connectivity index (χ2v) is 4.57. The summed E-state index contributed by atoms with van der Waals surface area (Å²) in [5.41, 5.74) is 5.18. The molecule has 0 radical (unpaired) electrons. The van der Waals surface area contributed by atoms with Gasteiger partial charge in [0.15, 0.2) is 0 Å². The van der Waals surface area contributed by atoms with Crippen LogP contribution in [0.3, 0.4) is 0 Å². The lowest BCUT2D eigenvalue weighted by atomic mass is 10.5. The highest BCUT2D eigenvalue weighted by atomic mass is 127. The quantitative estimate of drug-likeness (QED) is 0.415. The van der Waals surface area contributed by atoms with E-state index in [9.17, 15) is 0 Å². The first-order chi connectivity index (χ1) is 3.31. The standard InChI is InChI=1S/C5H10IN/c1-3-5(2)6-4-7/h3-5H,1,7H2,2H3. The molecule has 0 aromatic rings. The average Bonchev–Trinajstić information content (AvgIpc) is 1.68. The van der Waals surface area contributed by atoms with Crippen molar-refractivity contribution in [3.63, 3.8) is 0 Å². The number of allylic oxidation sites excluding steroid dienone is 1. The molecule has 0 heterocycles. The van der Waals surface area contributed by atoms with E-state index in [2.05, 4.69) is 13.5 Å². The minimum atomic E-state index is 0.0999. The fourth-order valence-corrected chi connectivity index (χ4v) is 1.11. The maximum atomic E-state index is 5.18. The Hall–Kier alpha value is 0.300. The minimum Gasteiger partial charge on any atom is -0.304 e. The summed E-state index contributed by atoms with van der Waals surface area (Å²) in [6.07, 6.45) is 1.94. The maximum absolute atomic E-state index is 5.18. The predicted octanol–water partition coefficient (Wildman–Crippen LogP) is 1.25. The van der Waals surface area contributed by atoms with Crippen molar-refractivity contribution in [1.29, 1.82) is 0 Å². The van der Waals surface area contributed by atoms with Crippen molar-refractivity contribution >= 4 is 24.9 Å². The third-order valence-electron chi connectivity index (χ3n) is 0.596. The summed E-state index contributed by atoms with van der Waals surface area (Å²) in [7, 11) is 0. The number of alkyl halides is 1. The molecule has 42 valence electrons. The highest BCUT2D eigenvalue weighted by molar-refractivity contribution is 14.2. The minimum absolute atomic E-state index is 0.0999. The van der Waals surface area contributed by atoms with Gasteiger partial charge in [-0.25, -0.2) is 0 Å². The first-order valence-electron chi connectivity index (χ1n) is 2.09. The second kappa shape index (κ2) is 4.46. The highest BCUT2D eigenvalue weighted by Gasteiger charge is 1.82. The molecule has 1 atom stereocenters. The summed E-state index contributed by atoms with van der Waals surface area (Å²) in [4.78, 5) is 0. The van der Waals surface area contributed by atoms with Crippen LogP contribution in [-0.2, 0) is 0 Å². The van der Waals surface area contributed by atoms with Crippen LogP contribution < -0.4 is 5.73 Å². The lowest BCUT2D eigenvalue weighted by Crippen LogP contribution is -1.88. The summed E-state index contributed by atoms with van der Waals surface area (Å²) in [6, 6.07) is 0. The lowest BCUT2D eigenvalue weighted by molar-refractivity contribution is 1.31. The van der Waals surface area contributed by atoms with Crippen LogP contribution in [0.2, 0.25) is 0 Å². The molecule has 1 unspecified atom stereocenters. The van der Waals surface area contributed by atoms with Gasteiger partial charge in [0.1, 0.15) is 0 Å². The smallest absolute Gasteiger partial charge is 0.0219 e. The van der Waals surface area contributed by atoms with Crippen molar-refractivity contribution in [1.82, 2.24) is 0 Å². The van der Waals surface area contributed by atoms with Crippen LogP contribution in [0.4, 0.5) is 0 Å². The predicted molar refractivity (Wildman–Crippen MR) is 43.9 cm³/mol. The van der Waals surface area contributed by atoms with Gasteiger partial charge in [-0.3, -0.25) is 0 Å². The summed E-state index contributed by atoms with van der Waals surface area (Å²) in [5.74, 6) is 0. The molecule has 0 saturated carbocycles. The molecule has 2 heteroatoms. The van der Waals surface area contributed by atoms with E-state index in [1.165, 1.54) is 0 Å². The van der Waals surface area contributed by atoms with Crippen LogP contribution >= 0.6 is 20.7 Å². The van der Waals surface area contributed by atoms with Gasteiger partial charge in [-0.2, -0.15) is 0 Å². The molecule has 0 aliphatic heterocycles. The van der Waals surface area contributed by atoms with Gasteiger partial charge in [0.2, 0.25) is 0 Å². The number of nitrogens with two attached hydrogens (primary N) is 1. The molecule has 1 nitrogen and oxygen atoms in total. The first-order valence-corrected chi connectivity index (χ1v) is 4.58. The molecule has 0 aliphatic carbocycles. The molecule has 0 fully saturated rings. The largest absolute Gasteiger partial charge is 0.304 e. The van der Waals surface area contributed by atoms with E-state index in [0.29, 0.717) is 3.92 Å². The average molecular weight is 211 g/mol. The van der Waals surface area contributed by atoms with E-state index in [1.807, 2.05) is 6.08 Å². The van der Waals surface area contributed by atoms with Gasteiger partial charge in [-0.15, -0.1) is 27.3 Å². The summed E-state index contributed by atoms with van der Waals surface area (Å²) in [5, 5.41) is 0. The fraction of sp³-hybridized carbons (Fsp3) is 0.400. The molecule has 0 aromatic carbocycles. The van der Waals surface area contributed by atoms with Gasteiger partial charge in [0.05, 0.1) is 0 Å². The summed E-state index contributed by atoms with van der Waals surface area (Å²) in [6.45, 7) is 5.76. The van der Waals surface area contributed by atoms with Crippen molar-refractivity contribution in [3.05, 3.63) is 12.7 Å². The fourth-order valence-electron chi connectivity index (χ4n) is 0.166. The van der Waals surface area contributed by atoms with Crippen LogP contribution in [-0.4, -0.2) is 8.06 Å². The van der Waals surface area contributed by atoms with Crippen molar-refractivity contribution in [2.45, 2.75) is 10.8 Å². The first kappa shape index (κ1) is 7.30. The van der Waals surface area contributed by atoms with Crippen molar-refractivity contribution in [2.75, 3.05) is 0 Å². The zero-order chi connectivity index (χ0) is 5.70. The molecule has 0 spiro atoms. The van der Waals surface area contributed by atoms with E-state index in [-0.39, 0.29) is 20.7 Å². The van der Waals surface area contributed by atoms with Gasteiger partial charge < -0.3 is 5.73 Å². The van der Waals surface area contributed by atoms with Gasteiger partial charge >= 0.3 is 0 Å². The van der Waals surface area contributed by atoms with Crippen molar-refractivity contribution < 1.29 is 0 Å². The molecule has 2 N–H and O–H groups in total. The third kappa shape index (κ3) is 4.15. The van der Waals surface area contributed by atoms with Gasteiger partial charge in [0.25, 0.3) is 0 Å². The number of halogens is 1. The normalized spacial score (nSPS) is 15.7. The topological polar surface area (TPSA) is 26.0 Å². The highest BCUT2D eigenvalue weighted by Crippen LogP contribution is 2.04. The molecular weight excluding hydrogens is 201 g/mol. The Balaban J connectivity index is 3.35. The molecule has 0 aromatic heterocycles. The zero-order valence-corrected chi connectivity index (χ0v) is 6.55. The monoisotopic (exact) mass is 211 g/mol. The molecule has 7 heavy (non-hydrogen) atoms. The SMILES string of the molecule is C=CC(C)I=CN. The zero-order valence-electron chi connectivity index (χ0n) is 4.39. The van der Waals surface area contributed by atoms with Gasteiger partial charge in [0, 0.05) is 8.06 Å². The van der Waals surface area contributed by atoms with Crippen LogP contribution in [0.15, 0.2) is 12.7 Å². The number of hydrogen-bond donors (Lipinski definition) is 1. The van der Waals surface area contributed by atoms with Crippen molar-refractivity contribution in [2.24, 2.45) is 5.73 Å². The molecule has 0 bridgehead atoms. The lowest BCUT2D eigenvalue weighted by Gasteiger charge is -1.89.